The van der Waals surface area contributed by atoms with Crippen molar-refractivity contribution in [2.24, 2.45) is 0 Å². The topological polar surface area (TPSA) is 76.5 Å². The number of carboxylic acids is 1. The molecule has 0 bridgehead atoms. The summed E-state index contributed by atoms with van der Waals surface area (Å²) in [6, 6.07) is 4.58. The van der Waals surface area contributed by atoms with E-state index < -0.39 is 5.97 Å². The Morgan fingerprint density at radius 2 is 2.15 bits per heavy atom. The van der Waals surface area contributed by atoms with Crippen molar-refractivity contribution >= 4 is 22.6 Å². The van der Waals surface area contributed by atoms with Crippen LogP contribution >= 0.6 is 0 Å². The van der Waals surface area contributed by atoms with E-state index in [1.807, 2.05) is 0 Å². The number of benzene rings is 1. The molecular weight excluding hydrogens is 170 g/mol. The Morgan fingerprint density at radius 3 is 2.85 bits per heavy atom. The Hall–Kier alpha value is -1.97. The fourth-order valence-corrected chi connectivity index (χ4v) is 1.27. The largest absolute Gasteiger partial charge is 0.478 e. The number of hydrogen-bond donors (Lipinski definition) is 2. The fourth-order valence-electron chi connectivity index (χ4n) is 1.27. The zero-order valence-corrected chi connectivity index (χ0v) is 6.65. The van der Waals surface area contributed by atoms with Gasteiger partial charge in [0.2, 0.25) is 0 Å². The number of nitrogen functional groups attached to an aromatic ring is 1. The Morgan fingerprint density at radius 1 is 1.38 bits per heavy atom. The van der Waals surface area contributed by atoms with E-state index in [0.717, 1.165) is 0 Å². The van der Waals surface area contributed by atoms with Crippen LogP contribution in [-0.4, -0.2) is 11.1 Å². The van der Waals surface area contributed by atoms with Crippen LogP contribution in [0.4, 0.5) is 5.69 Å². The molecule has 0 aliphatic rings. The molecule has 66 valence electrons. The number of anilines is 1. The minimum Gasteiger partial charge on any atom is -0.478 e. The number of furan rings is 1. The number of fused-ring (bicyclic) bond motifs is 1. The van der Waals surface area contributed by atoms with Crippen LogP contribution in [0.15, 0.2) is 28.9 Å². The minimum absolute atomic E-state index is 0.206. The molecule has 0 radical (unpaired) electrons. The quantitative estimate of drug-likeness (QED) is 0.650. The lowest BCUT2D eigenvalue weighted by molar-refractivity contribution is 0.0699. The molecule has 2 rings (SSSR count). The molecule has 1 aromatic carbocycles. The lowest BCUT2D eigenvalue weighted by Gasteiger charge is -1.98. The summed E-state index contributed by atoms with van der Waals surface area (Å²) in [5, 5.41) is 9.34. The smallest absolute Gasteiger partial charge is 0.336 e. The van der Waals surface area contributed by atoms with Crippen molar-refractivity contribution in [3.05, 3.63) is 30.0 Å². The van der Waals surface area contributed by atoms with Gasteiger partial charge in [-0.3, -0.25) is 0 Å². The molecule has 0 saturated carbocycles. The first-order valence-electron chi connectivity index (χ1n) is 3.69. The first-order chi connectivity index (χ1) is 6.20. The molecule has 0 amide bonds. The number of carbonyl (C=O) groups is 1. The van der Waals surface area contributed by atoms with Gasteiger partial charge < -0.3 is 15.3 Å². The number of nitrogens with two attached hydrogens (primary N) is 1. The normalized spacial score (nSPS) is 10.5. The van der Waals surface area contributed by atoms with Crippen LogP contribution in [0, 0.1) is 0 Å². The molecule has 2 aromatic rings. The van der Waals surface area contributed by atoms with Crippen molar-refractivity contribution in [2.45, 2.75) is 0 Å². The predicted molar refractivity (Wildman–Crippen MR) is 47.6 cm³/mol. The van der Waals surface area contributed by atoms with Gasteiger partial charge in [0, 0.05) is 5.39 Å². The summed E-state index contributed by atoms with van der Waals surface area (Å²) >= 11 is 0. The summed E-state index contributed by atoms with van der Waals surface area (Å²) in [7, 11) is 0. The second-order valence-corrected chi connectivity index (χ2v) is 2.67. The second kappa shape index (κ2) is 2.52. The molecule has 13 heavy (non-hydrogen) atoms. The molecule has 4 heteroatoms. The van der Waals surface area contributed by atoms with Crippen molar-refractivity contribution in [3.8, 4) is 0 Å². The molecule has 1 heterocycles. The van der Waals surface area contributed by atoms with E-state index in [4.69, 9.17) is 15.3 Å². The zero-order chi connectivity index (χ0) is 9.42. The van der Waals surface area contributed by atoms with Gasteiger partial charge in [-0.2, -0.15) is 0 Å². The van der Waals surface area contributed by atoms with Crippen molar-refractivity contribution in [2.75, 3.05) is 5.73 Å². The third-order valence-corrected chi connectivity index (χ3v) is 1.88. The van der Waals surface area contributed by atoms with Crippen LogP contribution in [-0.2, 0) is 0 Å². The van der Waals surface area contributed by atoms with Gasteiger partial charge in [-0.15, -0.1) is 0 Å². The third kappa shape index (κ3) is 1.03. The van der Waals surface area contributed by atoms with Gasteiger partial charge in [-0.1, -0.05) is 0 Å². The van der Waals surface area contributed by atoms with E-state index in [1.165, 1.54) is 18.4 Å². The van der Waals surface area contributed by atoms with Crippen molar-refractivity contribution in [1.29, 1.82) is 0 Å². The summed E-state index contributed by atoms with van der Waals surface area (Å²) in [6.45, 7) is 0. The Balaban J connectivity index is 2.86. The van der Waals surface area contributed by atoms with Crippen LogP contribution in [0.25, 0.3) is 11.0 Å². The first kappa shape index (κ1) is 7.67. The molecule has 0 spiro atoms. The highest BCUT2D eigenvalue weighted by Crippen LogP contribution is 2.25. The van der Waals surface area contributed by atoms with Gasteiger partial charge in [0.15, 0.2) is 5.58 Å². The maximum Gasteiger partial charge on any atom is 0.336 e. The summed E-state index contributed by atoms with van der Waals surface area (Å²) in [5.74, 6) is -0.980. The second-order valence-electron chi connectivity index (χ2n) is 2.67. The lowest BCUT2D eigenvalue weighted by atomic mass is 10.1. The molecule has 0 saturated heterocycles. The Bertz CT molecular complexity index is 473. The molecule has 0 aliphatic carbocycles. The molecule has 4 nitrogen and oxygen atoms in total. The molecular formula is C9H7NO3. The van der Waals surface area contributed by atoms with E-state index in [1.54, 1.807) is 6.07 Å². The van der Waals surface area contributed by atoms with Gasteiger partial charge in [-0.05, 0) is 18.2 Å². The number of hydrogen-bond acceptors (Lipinski definition) is 3. The van der Waals surface area contributed by atoms with E-state index in [-0.39, 0.29) is 5.56 Å². The monoisotopic (exact) mass is 177 g/mol. The fraction of sp³-hybridized carbons (Fsp3) is 0. The highest BCUT2D eigenvalue weighted by molar-refractivity contribution is 6.05. The molecule has 3 N–H and O–H groups in total. The molecule has 0 aliphatic heterocycles. The van der Waals surface area contributed by atoms with E-state index in [2.05, 4.69) is 0 Å². The highest BCUT2D eigenvalue weighted by Gasteiger charge is 2.11. The standard InChI is InChI=1S/C9H7NO3/c10-7-2-1-6(9(11)12)5-3-4-13-8(5)7/h1-4H,10H2,(H,11,12). The first-order valence-corrected chi connectivity index (χ1v) is 3.69. The van der Waals surface area contributed by atoms with Crippen LogP contribution in [0.2, 0.25) is 0 Å². The number of rotatable bonds is 1. The Kier molecular flexibility index (Phi) is 1.48. The predicted octanol–water partition coefficient (Wildman–Crippen LogP) is 1.71. The minimum atomic E-state index is -0.980. The van der Waals surface area contributed by atoms with E-state index in [0.29, 0.717) is 16.7 Å². The third-order valence-electron chi connectivity index (χ3n) is 1.88. The molecule has 1 aromatic heterocycles. The number of carboxylic acid groups (broad SMARTS) is 1. The van der Waals surface area contributed by atoms with Crippen molar-refractivity contribution in [3.63, 3.8) is 0 Å². The van der Waals surface area contributed by atoms with Crippen LogP contribution < -0.4 is 5.73 Å². The summed E-state index contributed by atoms with van der Waals surface area (Å²) < 4.78 is 5.05. The van der Waals surface area contributed by atoms with E-state index >= 15 is 0 Å². The van der Waals surface area contributed by atoms with Crippen molar-refractivity contribution in [1.82, 2.24) is 0 Å². The lowest BCUT2D eigenvalue weighted by Crippen LogP contribution is -1.97. The van der Waals surface area contributed by atoms with Crippen LogP contribution in [0.1, 0.15) is 10.4 Å². The Labute approximate surface area is 73.6 Å². The SMILES string of the molecule is Nc1ccc(C(=O)O)c2ccoc12. The summed E-state index contributed by atoms with van der Waals surface area (Å²) in [6.07, 6.45) is 1.42. The van der Waals surface area contributed by atoms with E-state index in [9.17, 15) is 4.79 Å². The average molecular weight is 177 g/mol. The summed E-state index contributed by atoms with van der Waals surface area (Å²) in [4.78, 5) is 10.7. The van der Waals surface area contributed by atoms with Gasteiger partial charge in [0.1, 0.15) is 0 Å². The molecule has 0 atom stereocenters. The van der Waals surface area contributed by atoms with Gasteiger partial charge in [0.05, 0.1) is 17.5 Å². The van der Waals surface area contributed by atoms with Gasteiger partial charge in [-0.25, -0.2) is 4.79 Å². The average Bonchev–Trinajstić information content (AvgIpc) is 2.53. The molecule has 0 unspecified atom stereocenters. The van der Waals surface area contributed by atoms with Crippen LogP contribution in [0.5, 0.6) is 0 Å². The maximum atomic E-state index is 10.7. The molecule has 0 fully saturated rings. The van der Waals surface area contributed by atoms with Gasteiger partial charge in [0.25, 0.3) is 0 Å². The van der Waals surface area contributed by atoms with Gasteiger partial charge >= 0.3 is 5.97 Å². The number of aromatic carboxylic acids is 1. The highest BCUT2D eigenvalue weighted by atomic mass is 16.4. The maximum absolute atomic E-state index is 10.7. The zero-order valence-electron chi connectivity index (χ0n) is 6.65. The van der Waals surface area contributed by atoms with Crippen molar-refractivity contribution < 1.29 is 14.3 Å². The summed E-state index contributed by atoms with van der Waals surface area (Å²) in [5.41, 5.74) is 6.67. The van der Waals surface area contributed by atoms with Crippen LogP contribution in [0.3, 0.4) is 0 Å².